The number of carbonyl (C=O) groups is 1. The molecule has 0 radical (unpaired) electrons. The van der Waals surface area contributed by atoms with Crippen molar-refractivity contribution in [3.63, 3.8) is 0 Å². The van der Waals surface area contributed by atoms with Crippen molar-refractivity contribution in [3.05, 3.63) is 65.5 Å². The number of hydrazine groups is 1. The average molecular weight is 273 g/mol. The van der Waals surface area contributed by atoms with Gasteiger partial charge in [0.2, 0.25) is 0 Å². The quantitative estimate of drug-likeness (QED) is 0.497. The van der Waals surface area contributed by atoms with E-state index in [1.54, 1.807) is 17.8 Å². The number of carbonyl (C=O) groups excluding carboxylic acids is 1. The summed E-state index contributed by atoms with van der Waals surface area (Å²) in [5.74, 6) is 6.41. The number of pyridine rings is 1. The molecule has 19 heavy (non-hydrogen) atoms. The number of rotatable bonds is 5. The van der Waals surface area contributed by atoms with Gasteiger partial charge in [-0.3, -0.25) is 10.2 Å². The van der Waals surface area contributed by atoms with Gasteiger partial charge in [-0.2, -0.15) is 11.8 Å². The molecule has 0 unspecified atom stereocenters. The topological polar surface area (TPSA) is 68.0 Å². The van der Waals surface area contributed by atoms with Gasteiger partial charge >= 0.3 is 0 Å². The molecule has 0 saturated carbocycles. The normalized spacial score (nSPS) is 10.2. The lowest BCUT2D eigenvalue weighted by atomic mass is 10.2. The van der Waals surface area contributed by atoms with E-state index >= 15 is 0 Å². The van der Waals surface area contributed by atoms with E-state index in [4.69, 9.17) is 5.84 Å². The first-order valence-electron chi connectivity index (χ1n) is 5.88. The second-order valence-corrected chi connectivity index (χ2v) is 4.95. The van der Waals surface area contributed by atoms with Crippen LogP contribution in [0, 0.1) is 0 Å². The predicted octanol–water partition coefficient (Wildman–Crippen LogP) is 2.12. The Labute approximate surface area is 116 Å². The van der Waals surface area contributed by atoms with Crippen molar-refractivity contribution in [3.8, 4) is 0 Å². The summed E-state index contributed by atoms with van der Waals surface area (Å²) in [6.45, 7) is 0. The van der Waals surface area contributed by atoms with Gasteiger partial charge in [0.05, 0.1) is 5.69 Å². The molecule has 1 aromatic heterocycles. The SMILES string of the molecule is NNC(=O)c1cccc(CSCc2ccccc2)n1. The first-order chi connectivity index (χ1) is 9.29. The summed E-state index contributed by atoms with van der Waals surface area (Å²) in [5.41, 5.74) is 4.59. The third-order valence-corrected chi connectivity index (χ3v) is 3.57. The molecule has 4 nitrogen and oxygen atoms in total. The molecule has 0 spiro atoms. The highest BCUT2D eigenvalue weighted by molar-refractivity contribution is 7.97. The molecule has 1 heterocycles. The Morgan fingerprint density at radius 1 is 1.11 bits per heavy atom. The van der Waals surface area contributed by atoms with E-state index in [1.165, 1.54) is 5.56 Å². The van der Waals surface area contributed by atoms with Crippen LogP contribution in [0.5, 0.6) is 0 Å². The molecule has 0 aliphatic heterocycles. The lowest BCUT2D eigenvalue weighted by Crippen LogP contribution is -2.30. The van der Waals surface area contributed by atoms with Crippen LogP contribution in [-0.4, -0.2) is 10.9 Å². The Balaban J connectivity index is 1.91. The molecule has 98 valence electrons. The van der Waals surface area contributed by atoms with E-state index in [0.29, 0.717) is 5.69 Å². The molecule has 0 fully saturated rings. The Morgan fingerprint density at radius 2 is 1.89 bits per heavy atom. The number of aromatic nitrogens is 1. The molecule has 1 aromatic carbocycles. The van der Waals surface area contributed by atoms with Crippen LogP contribution in [0.1, 0.15) is 21.7 Å². The zero-order chi connectivity index (χ0) is 13.5. The maximum atomic E-state index is 11.4. The fourth-order valence-corrected chi connectivity index (χ4v) is 2.51. The highest BCUT2D eigenvalue weighted by Crippen LogP contribution is 2.16. The second-order valence-electron chi connectivity index (χ2n) is 3.97. The van der Waals surface area contributed by atoms with Crippen molar-refractivity contribution in [2.45, 2.75) is 11.5 Å². The van der Waals surface area contributed by atoms with Gasteiger partial charge in [0.15, 0.2) is 0 Å². The van der Waals surface area contributed by atoms with Crippen LogP contribution in [0.3, 0.4) is 0 Å². The lowest BCUT2D eigenvalue weighted by Gasteiger charge is -2.04. The standard InChI is InChI=1S/C14H15N3OS/c15-17-14(18)13-8-4-7-12(16-13)10-19-9-11-5-2-1-3-6-11/h1-8H,9-10,15H2,(H,17,18). The fraction of sp³-hybridized carbons (Fsp3) is 0.143. The number of amides is 1. The first kappa shape index (κ1) is 13.6. The van der Waals surface area contributed by atoms with E-state index in [9.17, 15) is 4.79 Å². The van der Waals surface area contributed by atoms with Crippen LogP contribution in [0.4, 0.5) is 0 Å². The van der Waals surface area contributed by atoms with Gasteiger partial charge in [0.25, 0.3) is 5.91 Å². The molecule has 2 rings (SSSR count). The van der Waals surface area contributed by atoms with E-state index < -0.39 is 0 Å². The molecule has 2 aromatic rings. The molecule has 0 aliphatic rings. The van der Waals surface area contributed by atoms with E-state index in [-0.39, 0.29) is 5.91 Å². The maximum absolute atomic E-state index is 11.4. The van der Waals surface area contributed by atoms with Gasteiger partial charge < -0.3 is 0 Å². The largest absolute Gasteiger partial charge is 0.289 e. The van der Waals surface area contributed by atoms with E-state index in [1.807, 2.05) is 30.3 Å². The zero-order valence-corrected chi connectivity index (χ0v) is 11.2. The number of nitrogens with two attached hydrogens (primary N) is 1. The van der Waals surface area contributed by atoms with Crippen molar-refractivity contribution < 1.29 is 4.79 Å². The Kier molecular flexibility index (Phi) is 4.94. The van der Waals surface area contributed by atoms with Gasteiger partial charge in [-0.25, -0.2) is 10.8 Å². The van der Waals surface area contributed by atoms with E-state index in [0.717, 1.165) is 17.2 Å². The summed E-state index contributed by atoms with van der Waals surface area (Å²) in [4.78, 5) is 15.6. The number of hydrogen-bond acceptors (Lipinski definition) is 4. The summed E-state index contributed by atoms with van der Waals surface area (Å²) in [7, 11) is 0. The maximum Gasteiger partial charge on any atom is 0.283 e. The van der Waals surface area contributed by atoms with Gasteiger partial charge in [-0.15, -0.1) is 0 Å². The lowest BCUT2D eigenvalue weighted by molar-refractivity contribution is 0.0948. The van der Waals surface area contributed by atoms with Gasteiger partial charge in [0, 0.05) is 11.5 Å². The highest BCUT2D eigenvalue weighted by atomic mass is 32.2. The predicted molar refractivity (Wildman–Crippen MR) is 77.3 cm³/mol. The summed E-state index contributed by atoms with van der Waals surface area (Å²) >= 11 is 1.76. The first-order valence-corrected chi connectivity index (χ1v) is 7.03. The van der Waals surface area contributed by atoms with Crippen LogP contribution < -0.4 is 11.3 Å². The fourth-order valence-electron chi connectivity index (χ4n) is 1.61. The Hall–Kier alpha value is -1.85. The Morgan fingerprint density at radius 3 is 2.63 bits per heavy atom. The van der Waals surface area contributed by atoms with Crippen molar-refractivity contribution in [2.24, 2.45) is 5.84 Å². The summed E-state index contributed by atoms with van der Waals surface area (Å²) in [6.07, 6.45) is 0. The van der Waals surface area contributed by atoms with Crippen LogP contribution in [0.15, 0.2) is 48.5 Å². The van der Waals surface area contributed by atoms with E-state index in [2.05, 4.69) is 22.5 Å². The van der Waals surface area contributed by atoms with Gasteiger partial charge in [-0.1, -0.05) is 36.4 Å². The Bertz CT molecular complexity index is 545. The molecular weight excluding hydrogens is 258 g/mol. The number of hydrogen-bond donors (Lipinski definition) is 2. The van der Waals surface area contributed by atoms with Crippen LogP contribution in [0.25, 0.3) is 0 Å². The molecule has 0 bridgehead atoms. The molecule has 5 heteroatoms. The average Bonchev–Trinajstić information content (AvgIpc) is 2.48. The molecule has 3 N–H and O–H groups in total. The second kappa shape index (κ2) is 6.92. The van der Waals surface area contributed by atoms with Crippen molar-refractivity contribution in [2.75, 3.05) is 0 Å². The molecule has 0 atom stereocenters. The van der Waals surface area contributed by atoms with Crippen molar-refractivity contribution in [1.82, 2.24) is 10.4 Å². The summed E-state index contributed by atoms with van der Waals surface area (Å²) in [5, 5.41) is 0. The smallest absolute Gasteiger partial charge is 0.283 e. The summed E-state index contributed by atoms with van der Waals surface area (Å²) < 4.78 is 0. The summed E-state index contributed by atoms with van der Waals surface area (Å²) in [6, 6.07) is 15.6. The minimum atomic E-state index is -0.366. The third-order valence-electron chi connectivity index (χ3n) is 2.53. The molecule has 0 aliphatic carbocycles. The van der Waals surface area contributed by atoms with Crippen molar-refractivity contribution >= 4 is 17.7 Å². The van der Waals surface area contributed by atoms with Crippen LogP contribution in [-0.2, 0) is 11.5 Å². The van der Waals surface area contributed by atoms with Crippen LogP contribution >= 0.6 is 11.8 Å². The number of benzene rings is 1. The third kappa shape index (κ3) is 4.08. The molecular formula is C14H15N3OS. The van der Waals surface area contributed by atoms with Gasteiger partial charge in [-0.05, 0) is 17.7 Å². The number of nitrogens with zero attached hydrogens (tertiary/aromatic N) is 1. The van der Waals surface area contributed by atoms with Gasteiger partial charge in [0.1, 0.15) is 5.69 Å². The number of nitrogen functional groups attached to an aromatic ring is 1. The number of thioether (sulfide) groups is 1. The monoisotopic (exact) mass is 273 g/mol. The van der Waals surface area contributed by atoms with Crippen molar-refractivity contribution in [1.29, 1.82) is 0 Å². The van der Waals surface area contributed by atoms with Crippen LogP contribution in [0.2, 0.25) is 0 Å². The minimum Gasteiger partial charge on any atom is -0.289 e. The number of nitrogens with one attached hydrogen (secondary N) is 1. The molecule has 1 amide bonds. The zero-order valence-electron chi connectivity index (χ0n) is 10.4. The highest BCUT2D eigenvalue weighted by Gasteiger charge is 2.05. The minimum absolute atomic E-state index is 0.348. The molecule has 0 saturated heterocycles.